The minimum absolute atomic E-state index is 0.369. The second-order valence-electron chi connectivity index (χ2n) is 12.3. The number of benzene rings is 2. The van der Waals surface area contributed by atoms with Gasteiger partial charge in [-0.3, -0.25) is 0 Å². The van der Waals surface area contributed by atoms with Crippen LogP contribution in [0.5, 0.6) is 11.5 Å². The van der Waals surface area contributed by atoms with Gasteiger partial charge < -0.3 is 33.5 Å². The molecule has 7 nitrogen and oxygen atoms in total. The number of methoxy groups -OCH3 is 1. The van der Waals surface area contributed by atoms with E-state index in [0.717, 1.165) is 56.9 Å². The Bertz CT molecular complexity index is 1280. The van der Waals surface area contributed by atoms with Gasteiger partial charge in [-0.25, -0.2) is 0 Å². The first kappa shape index (κ1) is 36.6. The maximum absolute atomic E-state index is 12.9. The quantitative estimate of drug-likeness (QED) is 0.115. The van der Waals surface area contributed by atoms with Gasteiger partial charge in [0.05, 0.1) is 38.1 Å². The highest BCUT2D eigenvalue weighted by Crippen LogP contribution is 2.46. The zero-order valence-electron chi connectivity index (χ0n) is 28.7. The Kier molecular flexibility index (Phi) is 15.1. The maximum Gasteiger partial charge on any atom is 0.226 e. The van der Waals surface area contributed by atoms with Crippen molar-refractivity contribution in [1.29, 1.82) is 0 Å². The molecule has 0 radical (unpaired) electrons. The van der Waals surface area contributed by atoms with Crippen molar-refractivity contribution in [2.45, 2.75) is 116 Å². The minimum atomic E-state index is -1.83. The Morgan fingerprint density at radius 1 is 0.848 bits per heavy atom. The van der Waals surface area contributed by atoms with Crippen LogP contribution in [0.15, 0.2) is 42.5 Å². The number of rotatable bonds is 21. The number of thiophene rings is 1. The number of fused-ring (bicyclic) bond motifs is 1. The minimum Gasteiger partial charge on any atom is -0.496 e. The second-order valence-corrected chi connectivity index (χ2v) is 13.5. The van der Waals surface area contributed by atoms with Crippen LogP contribution in [-0.4, -0.2) is 63.6 Å². The number of unbranched alkanes of at least 4 members (excludes halogenated alkanes) is 4. The summed E-state index contributed by atoms with van der Waals surface area (Å²) in [6.07, 6.45) is 7.43. The van der Waals surface area contributed by atoms with Gasteiger partial charge in [0, 0.05) is 53.9 Å². The molecule has 1 saturated heterocycles. The molecule has 8 heteroatoms. The molecule has 4 atom stereocenters. The van der Waals surface area contributed by atoms with E-state index in [1.165, 1.54) is 15.0 Å². The molecule has 1 unspecified atom stereocenters. The molecule has 0 aliphatic carbocycles. The summed E-state index contributed by atoms with van der Waals surface area (Å²) in [6.45, 7) is 11.2. The summed E-state index contributed by atoms with van der Waals surface area (Å²) >= 11 is 1.77. The van der Waals surface area contributed by atoms with Crippen molar-refractivity contribution in [3.8, 4) is 11.5 Å². The zero-order chi connectivity index (χ0) is 32.8. The molecule has 256 valence electrons. The first-order valence-corrected chi connectivity index (χ1v) is 18.3. The Morgan fingerprint density at radius 3 is 2.26 bits per heavy atom. The molecule has 0 spiro atoms. The van der Waals surface area contributed by atoms with Crippen LogP contribution in [0, 0.1) is 0 Å². The lowest BCUT2D eigenvalue weighted by molar-refractivity contribution is -0.348. The highest BCUT2D eigenvalue weighted by atomic mass is 32.1. The van der Waals surface area contributed by atoms with Crippen LogP contribution in [0.3, 0.4) is 0 Å². The fourth-order valence-corrected chi connectivity index (χ4v) is 6.95. The lowest BCUT2D eigenvalue weighted by atomic mass is 9.87. The van der Waals surface area contributed by atoms with Crippen LogP contribution in [0.1, 0.15) is 101 Å². The summed E-state index contributed by atoms with van der Waals surface area (Å²) in [5.41, 5.74) is 1.49. The molecule has 46 heavy (non-hydrogen) atoms. The lowest BCUT2D eigenvalue weighted by Crippen LogP contribution is -2.58. The van der Waals surface area contributed by atoms with E-state index in [9.17, 15) is 5.11 Å². The van der Waals surface area contributed by atoms with Crippen molar-refractivity contribution in [1.82, 2.24) is 0 Å². The highest BCUT2D eigenvalue weighted by molar-refractivity contribution is 7.19. The molecule has 0 saturated carbocycles. The van der Waals surface area contributed by atoms with Gasteiger partial charge in [0.1, 0.15) is 17.6 Å². The third-order valence-electron chi connectivity index (χ3n) is 8.50. The number of hydrogen-bond acceptors (Lipinski definition) is 8. The topological polar surface area (TPSA) is 75.6 Å². The lowest BCUT2D eigenvalue weighted by Gasteiger charge is -2.47. The molecule has 0 amide bonds. The predicted molar refractivity (Wildman–Crippen MR) is 186 cm³/mol. The van der Waals surface area contributed by atoms with Crippen molar-refractivity contribution in [3.05, 3.63) is 58.5 Å². The smallest absolute Gasteiger partial charge is 0.226 e. The van der Waals surface area contributed by atoms with Gasteiger partial charge in [-0.15, -0.1) is 11.3 Å². The van der Waals surface area contributed by atoms with Crippen LogP contribution in [-0.2, 0) is 31.2 Å². The third-order valence-corrected chi connectivity index (χ3v) is 9.62. The molecule has 1 N–H and O–H groups in total. The normalized spacial score (nSPS) is 21.6. The first-order valence-electron chi connectivity index (χ1n) is 17.5. The van der Waals surface area contributed by atoms with Crippen molar-refractivity contribution >= 4 is 21.4 Å². The summed E-state index contributed by atoms with van der Waals surface area (Å²) in [5, 5.41) is 14.1. The van der Waals surface area contributed by atoms with Crippen molar-refractivity contribution in [3.63, 3.8) is 0 Å². The summed E-state index contributed by atoms with van der Waals surface area (Å²) in [4.78, 5) is 1.21. The van der Waals surface area contributed by atoms with Crippen LogP contribution in [0.2, 0.25) is 0 Å². The molecule has 1 aliphatic rings. The van der Waals surface area contributed by atoms with Gasteiger partial charge in [-0.2, -0.15) is 0 Å². The van der Waals surface area contributed by atoms with Crippen molar-refractivity contribution in [2.24, 2.45) is 0 Å². The Morgan fingerprint density at radius 2 is 1.54 bits per heavy atom. The maximum atomic E-state index is 12.9. The van der Waals surface area contributed by atoms with Gasteiger partial charge in [-0.1, -0.05) is 71.6 Å². The standard InChI is InChI=1S/C38H56O7S/c1-6-10-18-41-27-30-25-35(43-20-12-8-3)37(44-21-13-9-4)38(39,45-30)32-24-29(33(40-5)26-34(32)42-19-11-7-2)23-31-22-28-16-14-15-17-36(28)46-31/h14-17,22,24,26,30,35,37,39H,6-13,18-21,23,25,27H2,1-5H3/t30-,35-,37+,38?/m0/s1. The van der Waals surface area contributed by atoms with Gasteiger partial charge in [0.15, 0.2) is 0 Å². The molecule has 2 aromatic carbocycles. The van der Waals surface area contributed by atoms with Crippen LogP contribution in [0.4, 0.5) is 0 Å². The fraction of sp³-hybridized carbons (Fsp3) is 0.632. The molecule has 1 aromatic heterocycles. The van der Waals surface area contributed by atoms with E-state index in [0.29, 0.717) is 62.9 Å². The highest BCUT2D eigenvalue weighted by Gasteiger charge is 2.53. The van der Waals surface area contributed by atoms with E-state index in [-0.39, 0.29) is 12.2 Å². The largest absolute Gasteiger partial charge is 0.496 e. The van der Waals surface area contributed by atoms with E-state index >= 15 is 0 Å². The SMILES string of the molecule is CCCCOC[C@@H]1C[C@H](OCCCC)[C@@H](OCCCC)C(O)(c2cc(Cc3cc4ccccc4s3)c(OC)cc2OCCCC)O1. The fourth-order valence-electron chi connectivity index (χ4n) is 5.86. The molecule has 0 bridgehead atoms. The van der Waals surface area contributed by atoms with E-state index in [4.69, 9.17) is 28.4 Å². The summed E-state index contributed by atoms with van der Waals surface area (Å²) < 4.78 is 39.4. The van der Waals surface area contributed by atoms with Gasteiger partial charge in [0.2, 0.25) is 5.79 Å². The third kappa shape index (κ3) is 9.68. The monoisotopic (exact) mass is 656 g/mol. The molecule has 1 aliphatic heterocycles. The van der Waals surface area contributed by atoms with Gasteiger partial charge >= 0.3 is 0 Å². The number of hydrogen-bond donors (Lipinski definition) is 1. The average molecular weight is 657 g/mol. The Labute approximate surface area is 280 Å². The summed E-state index contributed by atoms with van der Waals surface area (Å²) in [7, 11) is 1.68. The van der Waals surface area contributed by atoms with E-state index in [1.807, 2.05) is 12.1 Å². The molecule has 2 heterocycles. The number of aliphatic hydroxyl groups is 1. The Balaban J connectivity index is 1.79. The number of ether oxygens (including phenoxy) is 6. The zero-order valence-corrected chi connectivity index (χ0v) is 29.5. The second kappa shape index (κ2) is 19.0. The molecular weight excluding hydrogens is 600 g/mol. The predicted octanol–water partition coefficient (Wildman–Crippen LogP) is 8.80. The first-order chi connectivity index (χ1) is 22.5. The molecular formula is C38H56O7S. The van der Waals surface area contributed by atoms with Crippen LogP contribution < -0.4 is 9.47 Å². The van der Waals surface area contributed by atoms with E-state index < -0.39 is 11.9 Å². The Hall–Kier alpha value is -2.20. The molecule has 3 aromatic rings. The molecule has 1 fully saturated rings. The van der Waals surface area contributed by atoms with Gasteiger partial charge in [-0.05, 0) is 49.3 Å². The average Bonchev–Trinajstić information content (AvgIpc) is 3.47. The van der Waals surface area contributed by atoms with Crippen LogP contribution in [0.25, 0.3) is 10.1 Å². The van der Waals surface area contributed by atoms with E-state index in [2.05, 4.69) is 58.0 Å². The van der Waals surface area contributed by atoms with Crippen LogP contribution >= 0.6 is 11.3 Å². The molecule has 4 rings (SSSR count). The van der Waals surface area contributed by atoms with Crippen molar-refractivity contribution < 1.29 is 33.5 Å². The van der Waals surface area contributed by atoms with Crippen molar-refractivity contribution in [2.75, 3.05) is 40.1 Å². The summed E-state index contributed by atoms with van der Waals surface area (Å²) in [5.74, 6) is -0.577. The van der Waals surface area contributed by atoms with Gasteiger partial charge in [0.25, 0.3) is 0 Å². The summed E-state index contributed by atoms with van der Waals surface area (Å²) in [6, 6.07) is 14.6. The van der Waals surface area contributed by atoms with E-state index in [1.54, 1.807) is 18.4 Å².